The molecule has 1 aliphatic rings. The second-order valence-electron chi connectivity index (χ2n) is 2.97. The van der Waals surface area contributed by atoms with Gasteiger partial charge < -0.3 is 10.1 Å². The molecule has 1 heterocycles. The Morgan fingerprint density at radius 3 is 3.09 bits per heavy atom. The highest BCUT2D eigenvalue weighted by atomic mass is 16.5. The number of hydrogen-bond acceptors (Lipinski definition) is 3. The molecule has 1 fully saturated rings. The zero-order valence-corrected chi connectivity index (χ0v) is 6.93. The molecule has 0 radical (unpaired) electrons. The van der Waals surface area contributed by atoms with Crippen molar-refractivity contribution in [2.24, 2.45) is 5.92 Å². The first kappa shape index (κ1) is 8.53. The number of carbonyl (C=O) groups excluding carboxylic acids is 1. The lowest BCUT2D eigenvalue weighted by atomic mass is 10.0. The minimum atomic E-state index is -0.0862. The fourth-order valence-electron chi connectivity index (χ4n) is 1.38. The van der Waals surface area contributed by atoms with Crippen LogP contribution >= 0.6 is 0 Å². The quantitative estimate of drug-likeness (QED) is 0.608. The summed E-state index contributed by atoms with van der Waals surface area (Å²) in [5.41, 5.74) is 0. The molecule has 1 saturated heterocycles. The van der Waals surface area contributed by atoms with Crippen LogP contribution in [0.3, 0.4) is 0 Å². The van der Waals surface area contributed by atoms with E-state index < -0.39 is 0 Å². The molecule has 0 bridgehead atoms. The van der Waals surface area contributed by atoms with Gasteiger partial charge in [0.1, 0.15) is 0 Å². The van der Waals surface area contributed by atoms with Crippen molar-refractivity contribution in [2.45, 2.75) is 19.3 Å². The third-order valence-corrected chi connectivity index (χ3v) is 2.15. The maximum absolute atomic E-state index is 10.7. The molecule has 1 atom stereocenters. The van der Waals surface area contributed by atoms with Crippen LogP contribution in [0.25, 0.3) is 0 Å². The molecule has 3 heteroatoms. The molecule has 0 amide bonds. The molecule has 1 aliphatic heterocycles. The molecule has 0 spiro atoms. The van der Waals surface area contributed by atoms with Crippen LogP contribution in [-0.2, 0) is 9.53 Å². The van der Waals surface area contributed by atoms with Crippen molar-refractivity contribution in [1.82, 2.24) is 5.32 Å². The van der Waals surface area contributed by atoms with Gasteiger partial charge in [-0.15, -0.1) is 0 Å². The van der Waals surface area contributed by atoms with Gasteiger partial charge in [0.05, 0.1) is 7.11 Å². The number of hydrogen-bond donors (Lipinski definition) is 1. The van der Waals surface area contributed by atoms with Crippen LogP contribution in [-0.4, -0.2) is 26.2 Å². The summed E-state index contributed by atoms with van der Waals surface area (Å²) in [6, 6.07) is 0. The van der Waals surface area contributed by atoms with Crippen LogP contribution in [0.4, 0.5) is 0 Å². The molecule has 0 aliphatic carbocycles. The highest BCUT2D eigenvalue weighted by Gasteiger charge is 2.15. The molecule has 0 unspecified atom stereocenters. The van der Waals surface area contributed by atoms with Gasteiger partial charge in [-0.05, 0) is 31.8 Å². The fraction of sp³-hybridized carbons (Fsp3) is 0.875. The summed E-state index contributed by atoms with van der Waals surface area (Å²) in [5.74, 6) is 0.603. The second-order valence-corrected chi connectivity index (χ2v) is 2.97. The first-order chi connectivity index (χ1) is 5.33. The lowest BCUT2D eigenvalue weighted by Crippen LogP contribution is -2.10. The Balaban J connectivity index is 2.06. The highest BCUT2D eigenvalue weighted by molar-refractivity contribution is 5.69. The lowest BCUT2D eigenvalue weighted by molar-refractivity contribution is -0.140. The summed E-state index contributed by atoms with van der Waals surface area (Å²) >= 11 is 0. The maximum atomic E-state index is 10.7. The van der Waals surface area contributed by atoms with Gasteiger partial charge >= 0.3 is 5.97 Å². The molecule has 0 saturated carbocycles. The Hall–Kier alpha value is -0.570. The Labute approximate surface area is 67.1 Å². The molecule has 11 heavy (non-hydrogen) atoms. The van der Waals surface area contributed by atoms with E-state index in [0.29, 0.717) is 12.3 Å². The fourth-order valence-corrected chi connectivity index (χ4v) is 1.38. The van der Waals surface area contributed by atoms with Crippen molar-refractivity contribution in [3.8, 4) is 0 Å². The number of rotatable bonds is 3. The summed E-state index contributed by atoms with van der Waals surface area (Å²) < 4.78 is 4.55. The normalized spacial score (nSPS) is 23.5. The third kappa shape index (κ3) is 2.89. The van der Waals surface area contributed by atoms with E-state index in [9.17, 15) is 4.79 Å². The van der Waals surface area contributed by atoms with Crippen molar-refractivity contribution in [1.29, 1.82) is 0 Å². The molecular weight excluding hydrogens is 142 g/mol. The van der Waals surface area contributed by atoms with E-state index in [1.54, 1.807) is 0 Å². The smallest absolute Gasteiger partial charge is 0.305 e. The predicted octanol–water partition coefficient (Wildman–Crippen LogP) is 0.549. The monoisotopic (exact) mass is 157 g/mol. The Morgan fingerprint density at radius 1 is 1.73 bits per heavy atom. The Morgan fingerprint density at radius 2 is 2.55 bits per heavy atom. The van der Waals surface area contributed by atoms with Crippen LogP contribution in [0.2, 0.25) is 0 Å². The summed E-state index contributed by atoms with van der Waals surface area (Å²) in [6.45, 7) is 2.17. The average Bonchev–Trinajstić information content (AvgIpc) is 2.52. The van der Waals surface area contributed by atoms with Crippen LogP contribution < -0.4 is 5.32 Å². The molecule has 1 N–H and O–H groups in total. The number of ether oxygens (including phenoxy) is 1. The second kappa shape index (κ2) is 4.34. The zero-order valence-electron chi connectivity index (χ0n) is 6.93. The number of nitrogens with one attached hydrogen (secondary N) is 1. The Bertz CT molecular complexity index is 130. The molecule has 0 aromatic heterocycles. The van der Waals surface area contributed by atoms with Gasteiger partial charge in [0.15, 0.2) is 0 Å². The maximum Gasteiger partial charge on any atom is 0.305 e. The van der Waals surface area contributed by atoms with E-state index in [0.717, 1.165) is 19.5 Å². The van der Waals surface area contributed by atoms with Crippen molar-refractivity contribution in [3.05, 3.63) is 0 Å². The SMILES string of the molecule is COC(=O)CC[C@@H]1CCNC1. The van der Waals surface area contributed by atoms with E-state index in [4.69, 9.17) is 0 Å². The molecule has 0 aromatic rings. The molecule has 0 aromatic carbocycles. The Kier molecular flexibility index (Phi) is 3.36. The average molecular weight is 157 g/mol. The lowest BCUT2D eigenvalue weighted by Gasteiger charge is -2.05. The largest absolute Gasteiger partial charge is 0.469 e. The van der Waals surface area contributed by atoms with Crippen LogP contribution in [0.15, 0.2) is 0 Å². The van der Waals surface area contributed by atoms with E-state index in [1.807, 2.05) is 0 Å². The van der Waals surface area contributed by atoms with E-state index in [1.165, 1.54) is 13.5 Å². The van der Waals surface area contributed by atoms with Crippen molar-refractivity contribution in [2.75, 3.05) is 20.2 Å². The van der Waals surface area contributed by atoms with Gasteiger partial charge in [0, 0.05) is 6.42 Å². The highest BCUT2D eigenvalue weighted by Crippen LogP contribution is 2.14. The number of carbonyl (C=O) groups is 1. The standard InChI is InChI=1S/C8H15NO2/c1-11-8(10)3-2-7-4-5-9-6-7/h7,9H,2-6H2,1H3/t7-/m1/s1. The molecule has 64 valence electrons. The first-order valence-electron chi connectivity index (χ1n) is 4.10. The topological polar surface area (TPSA) is 38.3 Å². The third-order valence-electron chi connectivity index (χ3n) is 2.15. The van der Waals surface area contributed by atoms with Gasteiger partial charge in [0.25, 0.3) is 0 Å². The predicted molar refractivity (Wildman–Crippen MR) is 42.2 cm³/mol. The molecular formula is C8H15NO2. The van der Waals surface area contributed by atoms with Gasteiger partial charge in [-0.25, -0.2) is 0 Å². The molecule has 1 rings (SSSR count). The summed E-state index contributed by atoms with van der Waals surface area (Å²) in [5, 5.41) is 3.26. The van der Waals surface area contributed by atoms with Crippen LogP contribution in [0.5, 0.6) is 0 Å². The van der Waals surface area contributed by atoms with Gasteiger partial charge in [-0.3, -0.25) is 4.79 Å². The van der Waals surface area contributed by atoms with Gasteiger partial charge in [0.2, 0.25) is 0 Å². The summed E-state index contributed by atoms with van der Waals surface area (Å²) in [6.07, 6.45) is 2.75. The summed E-state index contributed by atoms with van der Waals surface area (Å²) in [7, 11) is 1.44. The number of esters is 1. The van der Waals surface area contributed by atoms with E-state index >= 15 is 0 Å². The van der Waals surface area contributed by atoms with E-state index in [-0.39, 0.29) is 5.97 Å². The minimum absolute atomic E-state index is 0.0862. The summed E-state index contributed by atoms with van der Waals surface area (Å²) in [4.78, 5) is 10.7. The first-order valence-corrected chi connectivity index (χ1v) is 4.10. The van der Waals surface area contributed by atoms with Gasteiger partial charge in [-0.1, -0.05) is 0 Å². The van der Waals surface area contributed by atoms with Crippen molar-refractivity contribution < 1.29 is 9.53 Å². The van der Waals surface area contributed by atoms with Crippen molar-refractivity contribution in [3.63, 3.8) is 0 Å². The zero-order chi connectivity index (χ0) is 8.10. The van der Waals surface area contributed by atoms with Gasteiger partial charge in [-0.2, -0.15) is 0 Å². The minimum Gasteiger partial charge on any atom is -0.469 e. The molecule has 3 nitrogen and oxygen atoms in total. The van der Waals surface area contributed by atoms with Crippen LogP contribution in [0, 0.1) is 5.92 Å². The van der Waals surface area contributed by atoms with Crippen LogP contribution in [0.1, 0.15) is 19.3 Å². The van der Waals surface area contributed by atoms with E-state index in [2.05, 4.69) is 10.1 Å². The number of methoxy groups -OCH3 is 1. The van der Waals surface area contributed by atoms with Crippen molar-refractivity contribution >= 4 is 5.97 Å².